The van der Waals surface area contributed by atoms with Crippen LogP contribution in [0.5, 0.6) is 0 Å². The number of hydrogen-bond acceptors (Lipinski definition) is 4. The number of aliphatic imine (C=N–C) groups is 1. The summed E-state index contributed by atoms with van der Waals surface area (Å²) >= 11 is 0. The van der Waals surface area contributed by atoms with Crippen LogP contribution in [0.15, 0.2) is 35.0 Å². The molecule has 0 radical (unpaired) electrons. The monoisotopic (exact) mass is 431 g/mol. The first-order chi connectivity index (χ1) is 15.7. The highest BCUT2D eigenvalue weighted by Gasteiger charge is 2.30. The van der Waals surface area contributed by atoms with Crippen LogP contribution < -0.4 is 16.4 Å². The third kappa shape index (κ3) is 3.85. The summed E-state index contributed by atoms with van der Waals surface area (Å²) in [6.07, 6.45) is 13.8. The fourth-order valence-electron chi connectivity index (χ4n) is 5.77. The normalized spacial score (nSPS) is 22.7. The maximum atomic E-state index is 6.79. The summed E-state index contributed by atoms with van der Waals surface area (Å²) in [6, 6.07) is 8.15. The summed E-state index contributed by atoms with van der Waals surface area (Å²) in [5.74, 6) is 2.60. The van der Waals surface area contributed by atoms with Crippen LogP contribution in [-0.4, -0.2) is 29.5 Å². The Labute approximate surface area is 191 Å². The minimum absolute atomic E-state index is 0.530. The van der Waals surface area contributed by atoms with Crippen molar-refractivity contribution in [2.45, 2.75) is 82.7 Å². The van der Waals surface area contributed by atoms with Gasteiger partial charge in [0.05, 0.1) is 17.7 Å². The summed E-state index contributed by atoms with van der Waals surface area (Å²) in [5, 5.41) is 8.41. The van der Waals surface area contributed by atoms with Crippen molar-refractivity contribution in [3.63, 3.8) is 0 Å². The number of nitrogen functional groups attached to an aromatic ring is 1. The second kappa shape index (κ2) is 8.26. The number of rotatable bonds is 8. The number of nitrogens with zero attached hydrogens (tertiary/aromatic N) is 2. The van der Waals surface area contributed by atoms with Gasteiger partial charge in [0, 0.05) is 23.7 Å². The van der Waals surface area contributed by atoms with E-state index in [2.05, 4.69) is 46.5 Å². The van der Waals surface area contributed by atoms with Crippen molar-refractivity contribution in [2.75, 3.05) is 18.8 Å². The molecule has 1 unspecified atom stereocenters. The Morgan fingerprint density at radius 1 is 1.16 bits per heavy atom. The fraction of sp³-hybridized carbons (Fsp3) is 0.593. The third-order valence-electron chi connectivity index (χ3n) is 8.13. The van der Waals surface area contributed by atoms with Gasteiger partial charge in [-0.05, 0) is 87.5 Å². The van der Waals surface area contributed by atoms with Crippen LogP contribution in [0.2, 0.25) is 0 Å². The number of aromatic nitrogens is 1. The molecular formula is C27H37N5. The molecule has 2 heterocycles. The van der Waals surface area contributed by atoms with E-state index in [1.54, 1.807) is 0 Å². The van der Waals surface area contributed by atoms with E-state index in [4.69, 9.17) is 10.7 Å². The van der Waals surface area contributed by atoms with Gasteiger partial charge in [-0.1, -0.05) is 25.0 Å². The Balaban J connectivity index is 1.25. The average Bonchev–Trinajstić information content (AvgIpc) is 3.75. The van der Waals surface area contributed by atoms with Crippen LogP contribution in [0.1, 0.15) is 87.9 Å². The largest absolute Gasteiger partial charge is 0.396 e. The van der Waals surface area contributed by atoms with Crippen LogP contribution in [0.4, 0.5) is 5.69 Å². The molecule has 3 fully saturated rings. The number of benzene rings is 1. The highest BCUT2D eigenvalue weighted by atomic mass is 15.1. The van der Waals surface area contributed by atoms with Crippen LogP contribution in [0, 0.1) is 5.92 Å². The Morgan fingerprint density at radius 3 is 2.66 bits per heavy atom. The molecule has 3 saturated carbocycles. The molecule has 1 aromatic carbocycles. The lowest BCUT2D eigenvalue weighted by Crippen LogP contribution is -2.31. The Hall–Kier alpha value is -2.27. The molecule has 32 heavy (non-hydrogen) atoms. The first-order valence-electron chi connectivity index (χ1n) is 12.8. The van der Waals surface area contributed by atoms with Gasteiger partial charge < -0.3 is 20.9 Å². The zero-order valence-electron chi connectivity index (χ0n) is 19.4. The van der Waals surface area contributed by atoms with E-state index in [1.807, 2.05) is 0 Å². The molecule has 1 aliphatic heterocycles. The van der Waals surface area contributed by atoms with E-state index in [1.165, 1.54) is 73.4 Å². The number of amidine groups is 1. The number of hydrogen-bond donors (Lipinski definition) is 3. The molecular weight excluding hydrogens is 394 g/mol. The lowest BCUT2D eigenvalue weighted by Gasteiger charge is -2.22. The number of nitrogens with one attached hydrogen (secondary N) is 2. The van der Waals surface area contributed by atoms with E-state index in [-0.39, 0.29) is 0 Å². The maximum absolute atomic E-state index is 6.79. The van der Waals surface area contributed by atoms with Gasteiger partial charge in [0.25, 0.3) is 0 Å². The maximum Gasteiger partial charge on any atom is 0.151 e. The molecule has 5 nitrogen and oxygen atoms in total. The van der Waals surface area contributed by atoms with Crippen molar-refractivity contribution in [1.82, 2.24) is 15.2 Å². The standard InChI is InChI=1S/C27H37N5/c1-17(19-6-7-19)29-13-12-18-15-30-27(31-16-18)26-25(28)23-11-10-21(20-8-9-20)14-24(23)32(26)22-4-2-3-5-22/h10-11,14-15,17,19-20,22,29H,2-9,12-13,16,28H2,1H3,(H,30,31). The molecule has 170 valence electrons. The molecule has 1 atom stereocenters. The molecule has 6 rings (SSSR count). The van der Waals surface area contributed by atoms with E-state index in [0.29, 0.717) is 12.1 Å². The van der Waals surface area contributed by atoms with E-state index in [9.17, 15) is 0 Å². The van der Waals surface area contributed by atoms with Gasteiger partial charge in [-0.15, -0.1) is 0 Å². The molecule has 0 bridgehead atoms. The Bertz CT molecular complexity index is 1060. The van der Waals surface area contributed by atoms with Crippen LogP contribution in [0.25, 0.3) is 10.9 Å². The SMILES string of the molecule is CC(NCCC1=CNC(c2c(N)c3ccc(C4CC4)cc3n2C2CCCC2)=NC1)C1CC1. The quantitative estimate of drug-likeness (QED) is 0.536. The molecule has 5 heteroatoms. The number of fused-ring (bicyclic) bond motifs is 1. The zero-order valence-corrected chi connectivity index (χ0v) is 19.4. The summed E-state index contributed by atoms with van der Waals surface area (Å²) < 4.78 is 2.53. The van der Waals surface area contributed by atoms with Gasteiger partial charge in [-0.25, -0.2) is 0 Å². The third-order valence-corrected chi connectivity index (χ3v) is 8.13. The van der Waals surface area contributed by atoms with Gasteiger partial charge in [0.2, 0.25) is 0 Å². The van der Waals surface area contributed by atoms with E-state index < -0.39 is 0 Å². The van der Waals surface area contributed by atoms with Crippen molar-refractivity contribution >= 4 is 22.4 Å². The minimum atomic E-state index is 0.530. The van der Waals surface area contributed by atoms with Gasteiger partial charge in [-0.3, -0.25) is 4.99 Å². The molecule has 0 amide bonds. The minimum Gasteiger partial charge on any atom is -0.396 e. The van der Waals surface area contributed by atoms with Gasteiger partial charge in [-0.2, -0.15) is 0 Å². The highest BCUT2D eigenvalue weighted by Crippen LogP contribution is 2.44. The van der Waals surface area contributed by atoms with E-state index in [0.717, 1.165) is 48.6 Å². The van der Waals surface area contributed by atoms with E-state index >= 15 is 0 Å². The molecule has 4 aliphatic rings. The van der Waals surface area contributed by atoms with Crippen LogP contribution >= 0.6 is 0 Å². The second-order valence-corrected chi connectivity index (χ2v) is 10.6. The van der Waals surface area contributed by atoms with Gasteiger partial charge >= 0.3 is 0 Å². The first kappa shape index (κ1) is 20.3. The Kier molecular flexibility index (Phi) is 5.25. The van der Waals surface area contributed by atoms with Crippen LogP contribution in [-0.2, 0) is 0 Å². The Morgan fingerprint density at radius 2 is 1.97 bits per heavy atom. The van der Waals surface area contributed by atoms with Crippen molar-refractivity contribution in [3.05, 3.63) is 41.2 Å². The topological polar surface area (TPSA) is 67.4 Å². The van der Waals surface area contributed by atoms with Crippen molar-refractivity contribution in [3.8, 4) is 0 Å². The lowest BCUT2D eigenvalue weighted by molar-refractivity contribution is 0.498. The molecule has 2 aromatic rings. The van der Waals surface area contributed by atoms with Crippen molar-refractivity contribution in [2.24, 2.45) is 10.9 Å². The second-order valence-electron chi connectivity index (χ2n) is 10.6. The first-order valence-corrected chi connectivity index (χ1v) is 12.8. The molecule has 3 aliphatic carbocycles. The van der Waals surface area contributed by atoms with Gasteiger partial charge in [0.1, 0.15) is 5.69 Å². The molecule has 1 aromatic heterocycles. The fourth-order valence-corrected chi connectivity index (χ4v) is 5.77. The molecule has 4 N–H and O–H groups in total. The van der Waals surface area contributed by atoms with Crippen molar-refractivity contribution < 1.29 is 0 Å². The lowest BCUT2D eigenvalue weighted by atomic mass is 10.1. The molecule has 0 saturated heterocycles. The smallest absolute Gasteiger partial charge is 0.151 e. The number of anilines is 1. The highest BCUT2D eigenvalue weighted by molar-refractivity contribution is 6.11. The molecule has 0 spiro atoms. The summed E-state index contributed by atoms with van der Waals surface area (Å²) in [5.41, 5.74) is 12.9. The summed E-state index contributed by atoms with van der Waals surface area (Å²) in [6.45, 7) is 4.12. The summed E-state index contributed by atoms with van der Waals surface area (Å²) in [7, 11) is 0. The zero-order chi connectivity index (χ0) is 21.7. The predicted octanol–water partition coefficient (Wildman–Crippen LogP) is 5.23. The van der Waals surface area contributed by atoms with Gasteiger partial charge in [0.15, 0.2) is 5.84 Å². The number of nitrogens with two attached hydrogens (primary N) is 1. The average molecular weight is 432 g/mol. The predicted molar refractivity (Wildman–Crippen MR) is 133 cm³/mol. The van der Waals surface area contributed by atoms with Crippen LogP contribution in [0.3, 0.4) is 0 Å². The summed E-state index contributed by atoms with van der Waals surface area (Å²) in [4.78, 5) is 4.99. The van der Waals surface area contributed by atoms with Crippen molar-refractivity contribution in [1.29, 1.82) is 0 Å².